The van der Waals surface area contributed by atoms with E-state index in [1.807, 2.05) is 0 Å². The lowest BCUT2D eigenvalue weighted by Crippen LogP contribution is -2.41. The van der Waals surface area contributed by atoms with Gasteiger partial charge in [-0.05, 0) is 12.8 Å². The molecule has 4 nitrogen and oxygen atoms in total. The molecule has 1 aliphatic heterocycles. The molecular formula is C10H13F3N2O2. The van der Waals surface area contributed by atoms with Gasteiger partial charge in [-0.25, -0.2) is 4.79 Å². The smallest absolute Gasteiger partial charge is 0.312 e. The van der Waals surface area contributed by atoms with E-state index in [0.717, 1.165) is 25.7 Å². The lowest BCUT2D eigenvalue weighted by atomic mass is 10.2. The van der Waals surface area contributed by atoms with E-state index in [9.17, 15) is 22.8 Å². The van der Waals surface area contributed by atoms with Crippen LogP contribution in [0.2, 0.25) is 0 Å². The topological polar surface area (TPSA) is 40.6 Å². The Morgan fingerprint density at radius 3 is 2.29 bits per heavy atom. The fraction of sp³-hybridized carbons (Fsp3) is 0.800. The van der Waals surface area contributed by atoms with Crippen molar-refractivity contribution in [3.05, 3.63) is 0 Å². The van der Waals surface area contributed by atoms with Crippen LogP contribution in [0.4, 0.5) is 18.0 Å². The Labute approximate surface area is 96.4 Å². The van der Waals surface area contributed by atoms with E-state index in [0.29, 0.717) is 4.90 Å². The van der Waals surface area contributed by atoms with Crippen LogP contribution < -0.4 is 0 Å². The summed E-state index contributed by atoms with van der Waals surface area (Å²) in [5.74, 6) is -0.751. The average molecular weight is 250 g/mol. The molecule has 1 heterocycles. The van der Waals surface area contributed by atoms with Crippen molar-refractivity contribution in [3.8, 4) is 0 Å². The number of urea groups is 1. The first-order valence-corrected chi connectivity index (χ1v) is 5.56. The van der Waals surface area contributed by atoms with Crippen molar-refractivity contribution in [1.82, 2.24) is 9.80 Å². The van der Waals surface area contributed by atoms with E-state index in [1.54, 1.807) is 0 Å². The molecule has 0 aromatic heterocycles. The third-order valence-electron chi connectivity index (χ3n) is 3.19. The molecule has 2 aliphatic rings. The summed E-state index contributed by atoms with van der Waals surface area (Å²) in [7, 11) is 0. The lowest BCUT2D eigenvalue weighted by Gasteiger charge is -2.23. The summed E-state index contributed by atoms with van der Waals surface area (Å²) in [5.41, 5.74) is 0. The van der Waals surface area contributed by atoms with E-state index >= 15 is 0 Å². The van der Waals surface area contributed by atoms with Crippen LogP contribution in [0.3, 0.4) is 0 Å². The molecular weight excluding hydrogens is 237 g/mol. The number of nitrogens with zero attached hydrogens (tertiary/aromatic N) is 2. The van der Waals surface area contributed by atoms with Crippen LogP contribution in [-0.4, -0.2) is 47.0 Å². The van der Waals surface area contributed by atoms with Crippen LogP contribution in [0.25, 0.3) is 0 Å². The summed E-state index contributed by atoms with van der Waals surface area (Å²) < 4.78 is 36.6. The molecule has 7 heteroatoms. The van der Waals surface area contributed by atoms with Crippen molar-refractivity contribution in [2.45, 2.75) is 37.9 Å². The predicted molar refractivity (Wildman–Crippen MR) is 52.1 cm³/mol. The SMILES string of the molecule is O=C1CN(C2CCCC2)C(=O)N1CC(F)(F)F. The van der Waals surface area contributed by atoms with E-state index in [4.69, 9.17) is 0 Å². The van der Waals surface area contributed by atoms with Crippen molar-refractivity contribution in [3.63, 3.8) is 0 Å². The summed E-state index contributed by atoms with van der Waals surface area (Å²) in [6, 6.07) is -0.857. The van der Waals surface area contributed by atoms with Gasteiger partial charge in [-0.3, -0.25) is 9.69 Å². The molecule has 0 atom stereocenters. The van der Waals surface area contributed by atoms with E-state index in [-0.39, 0.29) is 12.6 Å². The maximum absolute atomic E-state index is 12.2. The zero-order valence-corrected chi connectivity index (χ0v) is 9.16. The van der Waals surface area contributed by atoms with E-state index in [1.165, 1.54) is 4.90 Å². The average Bonchev–Trinajstić information content (AvgIpc) is 2.79. The first kappa shape index (κ1) is 12.2. The Balaban J connectivity index is 2.05. The van der Waals surface area contributed by atoms with Crippen LogP contribution >= 0.6 is 0 Å². The molecule has 2 fully saturated rings. The molecule has 3 amide bonds. The second-order valence-electron chi connectivity index (χ2n) is 4.44. The molecule has 0 bridgehead atoms. The molecule has 0 radical (unpaired) electrons. The number of hydrogen-bond donors (Lipinski definition) is 0. The fourth-order valence-corrected chi connectivity index (χ4v) is 2.40. The van der Waals surface area contributed by atoms with Crippen molar-refractivity contribution in [1.29, 1.82) is 0 Å². The zero-order valence-electron chi connectivity index (χ0n) is 9.16. The lowest BCUT2D eigenvalue weighted by molar-refractivity contribution is -0.151. The van der Waals surface area contributed by atoms with E-state index in [2.05, 4.69) is 0 Å². The molecule has 1 saturated heterocycles. The number of alkyl halides is 3. The monoisotopic (exact) mass is 250 g/mol. The largest absolute Gasteiger partial charge is 0.406 e. The highest BCUT2D eigenvalue weighted by atomic mass is 19.4. The van der Waals surface area contributed by atoms with Crippen LogP contribution in [0.5, 0.6) is 0 Å². The van der Waals surface area contributed by atoms with Crippen molar-refractivity contribution in [2.24, 2.45) is 0 Å². The van der Waals surface area contributed by atoms with E-state index < -0.39 is 24.7 Å². The second kappa shape index (κ2) is 4.19. The molecule has 0 N–H and O–H groups in total. The van der Waals surface area contributed by atoms with Gasteiger partial charge in [-0.15, -0.1) is 0 Å². The fourth-order valence-electron chi connectivity index (χ4n) is 2.40. The zero-order chi connectivity index (χ0) is 12.6. The molecule has 17 heavy (non-hydrogen) atoms. The van der Waals surface area contributed by atoms with Gasteiger partial charge < -0.3 is 4.90 Å². The highest BCUT2D eigenvalue weighted by Gasteiger charge is 2.45. The quantitative estimate of drug-likeness (QED) is 0.700. The number of amides is 3. The minimum absolute atomic E-state index is 0.0651. The molecule has 1 aliphatic carbocycles. The summed E-state index contributed by atoms with van der Waals surface area (Å²) >= 11 is 0. The van der Waals surface area contributed by atoms with Gasteiger partial charge in [-0.2, -0.15) is 13.2 Å². The number of rotatable bonds is 2. The third-order valence-corrected chi connectivity index (χ3v) is 3.19. The molecule has 0 aromatic carbocycles. The number of hydrogen-bond acceptors (Lipinski definition) is 2. The van der Waals surface area contributed by atoms with Crippen LogP contribution in [0.15, 0.2) is 0 Å². The Hall–Kier alpha value is -1.27. The summed E-state index contributed by atoms with van der Waals surface area (Å²) in [6.45, 7) is -1.69. The van der Waals surface area contributed by atoms with Crippen LogP contribution in [-0.2, 0) is 4.79 Å². The van der Waals surface area contributed by atoms with Crippen LogP contribution in [0.1, 0.15) is 25.7 Å². The Bertz CT molecular complexity index is 337. The molecule has 0 unspecified atom stereocenters. The van der Waals surface area contributed by atoms with Gasteiger partial charge in [-0.1, -0.05) is 12.8 Å². The van der Waals surface area contributed by atoms with Gasteiger partial charge in [0.05, 0.1) is 0 Å². The standard InChI is InChI=1S/C10H13F3N2O2/c11-10(12,13)6-15-8(16)5-14(9(15)17)7-3-1-2-4-7/h7H,1-6H2. The highest BCUT2D eigenvalue weighted by Crippen LogP contribution is 2.28. The molecule has 0 aromatic rings. The van der Waals surface area contributed by atoms with Gasteiger partial charge in [0, 0.05) is 6.04 Å². The van der Waals surface area contributed by atoms with Gasteiger partial charge in [0.15, 0.2) is 0 Å². The minimum Gasteiger partial charge on any atom is -0.312 e. The number of imide groups is 1. The highest BCUT2D eigenvalue weighted by molar-refractivity contribution is 6.02. The molecule has 96 valence electrons. The summed E-state index contributed by atoms with van der Waals surface area (Å²) in [6.07, 6.45) is -1.06. The Morgan fingerprint density at radius 2 is 1.76 bits per heavy atom. The van der Waals surface area contributed by atoms with Gasteiger partial charge >= 0.3 is 12.2 Å². The first-order valence-electron chi connectivity index (χ1n) is 5.56. The third kappa shape index (κ3) is 2.53. The predicted octanol–water partition coefficient (Wildman–Crippen LogP) is 1.76. The maximum atomic E-state index is 12.2. The van der Waals surface area contributed by atoms with Gasteiger partial charge in [0.1, 0.15) is 13.1 Å². The first-order chi connectivity index (χ1) is 7.88. The van der Waals surface area contributed by atoms with Crippen molar-refractivity contribution in [2.75, 3.05) is 13.1 Å². The summed E-state index contributed by atoms with van der Waals surface area (Å²) in [4.78, 5) is 24.7. The molecule has 2 rings (SSSR count). The second-order valence-corrected chi connectivity index (χ2v) is 4.44. The van der Waals surface area contributed by atoms with Crippen molar-refractivity contribution >= 4 is 11.9 Å². The van der Waals surface area contributed by atoms with Crippen molar-refractivity contribution < 1.29 is 22.8 Å². The number of carbonyl (C=O) groups excluding carboxylic acids is 2. The summed E-state index contributed by atoms with van der Waals surface area (Å²) in [5, 5.41) is 0. The minimum atomic E-state index is -4.53. The number of halogens is 3. The molecule has 1 saturated carbocycles. The maximum Gasteiger partial charge on any atom is 0.406 e. The normalized spacial score (nSPS) is 23.0. The Kier molecular flexibility index (Phi) is 3.01. The van der Waals surface area contributed by atoms with Gasteiger partial charge in [0.25, 0.3) is 5.91 Å². The molecule has 0 spiro atoms. The Morgan fingerprint density at radius 1 is 1.18 bits per heavy atom. The van der Waals surface area contributed by atoms with Crippen LogP contribution in [0, 0.1) is 0 Å². The van der Waals surface area contributed by atoms with Gasteiger partial charge in [0.2, 0.25) is 0 Å². The number of carbonyl (C=O) groups is 2.